The normalized spacial score (nSPS) is 14.9. The zero-order valence-corrected chi connectivity index (χ0v) is 18.3. The standard InChI is InChI=1S/C26H25N5O2/c27-14-5-15-30-18-19(21-6-1-3-8-23(21)30)10-11-25(32)29-16-12-20(13-17-29)31-24-9-4-2-7-22(24)28-26(31)33/h1-4,6-11,18,20H,5,12-13,15-17H2,(H,28,33). The summed E-state index contributed by atoms with van der Waals surface area (Å²) >= 11 is 0. The lowest BCUT2D eigenvalue weighted by atomic mass is 10.0. The summed E-state index contributed by atoms with van der Waals surface area (Å²) in [5.74, 6) is -0.0198. The zero-order valence-electron chi connectivity index (χ0n) is 18.3. The molecular formula is C26H25N5O2. The molecule has 1 amide bonds. The lowest BCUT2D eigenvalue weighted by Crippen LogP contribution is -2.39. The Labute approximate surface area is 191 Å². The first-order valence-electron chi connectivity index (χ1n) is 11.3. The Morgan fingerprint density at radius 1 is 1.09 bits per heavy atom. The number of rotatable bonds is 5. The van der Waals surface area contributed by atoms with Crippen molar-refractivity contribution in [3.63, 3.8) is 0 Å². The number of nitriles is 1. The summed E-state index contributed by atoms with van der Waals surface area (Å²) < 4.78 is 3.90. The first-order valence-corrected chi connectivity index (χ1v) is 11.3. The highest BCUT2D eigenvalue weighted by Gasteiger charge is 2.25. The van der Waals surface area contributed by atoms with Crippen LogP contribution in [0.3, 0.4) is 0 Å². The number of H-pyrrole nitrogens is 1. The second-order valence-electron chi connectivity index (χ2n) is 8.41. The second kappa shape index (κ2) is 8.83. The Balaban J connectivity index is 1.29. The lowest BCUT2D eigenvalue weighted by Gasteiger charge is -2.32. The molecule has 0 saturated carbocycles. The molecule has 3 heterocycles. The molecule has 1 fully saturated rings. The van der Waals surface area contributed by atoms with E-state index < -0.39 is 0 Å². The van der Waals surface area contributed by atoms with Crippen LogP contribution in [0.1, 0.15) is 30.9 Å². The van der Waals surface area contributed by atoms with E-state index in [9.17, 15) is 9.59 Å². The van der Waals surface area contributed by atoms with Crippen LogP contribution in [0.25, 0.3) is 28.0 Å². The van der Waals surface area contributed by atoms with Crippen molar-refractivity contribution in [3.05, 3.63) is 76.9 Å². The van der Waals surface area contributed by atoms with Crippen LogP contribution in [-0.4, -0.2) is 38.0 Å². The quantitative estimate of drug-likeness (QED) is 0.476. The first kappa shape index (κ1) is 20.8. The molecule has 0 unspecified atom stereocenters. The van der Waals surface area contributed by atoms with Gasteiger partial charge in [0.15, 0.2) is 0 Å². The highest BCUT2D eigenvalue weighted by atomic mass is 16.2. The second-order valence-corrected chi connectivity index (χ2v) is 8.41. The highest BCUT2D eigenvalue weighted by Crippen LogP contribution is 2.26. The van der Waals surface area contributed by atoms with Crippen LogP contribution in [-0.2, 0) is 11.3 Å². The maximum absolute atomic E-state index is 12.9. The van der Waals surface area contributed by atoms with Gasteiger partial charge in [-0.3, -0.25) is 9.36 Å². The predicted molar refractivity (Wildman–Crippen MR) is 129 cm³/mol. The van der Waals surface area contributed by atoms with E-state index in [4.69, 9.17) is 5.26 Å². The summed E-state index contributed by atoms with van der Waals surface area (Å²) in [5, 5.41) is 9.99. The number of imidazole rings is 1. The number of fused-ring (bicyclic) bond motifs is 2. The van der Waals surface area contributed by atoms with Gasteiger partial charge in [0.05, 0.1) is 23.5 Å². The van der Waals surface area contributed by atoms with Crippen LogP contribution < -0.4 is 5.69 Å². The SMILES string of the molecule is N#CCCn1cc(C=CC(=O)N2CCC(n3c(=O)[nH]c4ccccc43)CC2)c2ccccc21. The van der Waals surface area contributed by atoms with Crippen molar-refractivity contribution in [2.75, 3.05) is 13.1 Å². The number of aromatic nitrogens is 3. The van der Waals surface area contributed by atoms with E-state index in [1.807, 2.05) is 70.3 Å². The van der Waals surface area contributed by atoms with Crippen LogP contribution in [0.15, 0.2) is 65.6 Å². The number of hydrogen-bond donors (Lipinski definition) is 1. The fourth-order valence-corrected chi connectivity index (χ4v) is 4.81. The third-order valence-electron chi connectivity index (χ3n) is 6.45. The smallest absolute Gasteiger partial charge is 0.326 e. The Hall–Kier alpha value is -4.05. The van der Waals surface area contributed by atoms with Crippen LogP contribution in [0.2, 0.25) is 0 Å². The molecular weight excluding hydrogens is 414 g/mol. The highest BCUT2D eigenvalue weighted by molar-refractivity contribution is 5.96. The van der Waals surface area contributed by atoms with Crippen molar-refractivity contribution in [3.8, 4) is 6.07 Å². The van der Waals surface area contributed by atoms with Gasteiger partial charge in [0.25, 0.3) is 0 Å². The van der Waals surface area contributed by atoms with E-state index in [0.717, 1.165) is 40.3 Å². The number of amides is 1. The van der Waals surface area contributed by atoms with Crippen molar-refractivity contribution >= 4 is 33.9 Å². The number of likely N-dealkylation sites (tertiary alicyclic amines) is 1. The minimum absolute atomic E-state index is 0.0198. The van der Waals surface area contributed by atoms with Gasteiger partial charge in [-0.1, -0.05) is 30.3 Å². The Morgan fingerprint density at radius 2 is 1.82 bits per heavy atom. The molecule has 5 rings (SSSR count). The van der Waals surface area contributed by atoms with Crippen molar-refractivity contribution < 1.29 is 4.79 Å². The number of aromatic amines is 1. The number of piperidine rings is 1. The molecule has 1 N–H and O–H groups in total. The summed E-state index contributed by atoms with van der Waals surface area (Å²) in [4.78, 5) is 30.1. The molecule has 1 aliphatic rings. The summed E-state index contributed by atoms with van der Waals surface area (Å²) in [6.07, 6.45) is 7.43. The first-order chi connectivity index (χ1) is 16.2. The zero-order chi connectivity index (χ0) is 22.8. The number of nitrogens with zero attached hydrogens (tertiary/aromatic N) is 4. The summed E-state index contributed by atoms with van der Waals surface area (Å²) in [6, 6.07) is 18.0. The van der Waals surface area contributed by atoms with E-state index in [-0.39, 0.29) is 17.6 Å². The molecule has 33 heavy (non-hydrogen) atoms. The number of nitrogens with one attached hydrogen (secondary N) is 1. The molecule has 166 valence electrons. The Morgan fingerprint density at radius 3 is 2.61 bits per heavy atom. The summed E-state index contributed by atoms with van der Waals surface area (Å²) in [7, 11) is 0. The molecule has 0 bridgehead atoms. The number of benzene rings is 2. The minimum Gasteiger partial charge on any atom is -0.346 e. The number of carbonyl (C=O) groups excluding carboxylic acids is 1. The third-order valence-corrected chi connectivity index (χ3v) is 6.45. The molecule has 1 saturated heterocycles. The van der Waals surface area contributed by atoms with Crippen LogP contribution >= 0.6 is 0 Å². The van der Waals surface area contributed by atoms with Crippen molar-refractivity contribution in [2.24, 2.45) is 0 Å². The van der Waals surface area contributed by atoms with E-state index in [2.05, 4.69) is 15.6 Å². The lowest BCUT2D eigenvalue weighted by molar-refractivity contribution is -0.127. The van der Waals surface area contributed by atoms with Gasteiger partial charge in [0.1, 0.15) is 0 Å². The number of aryl methyl sites for hydroxylation is 1. The Kier molecular flexibility index (Phi) is 5.57. The maximum Gasteiger partial charge on any atom is 0.326 e. The third kappa shape index (κ3) is 3.96. The largest absolute Gasteiger partial charge is 0.346 e. The van der Waals surface area contributed by atoms with Gasteiger partial charge in [-0.05, 0) is 37.1 Å². The minimum atomic E-state index is -0.0892. The van der Waals surface area contributed by atoms with Gasteiger partial charge in [0.2, 0.25) is 5.91 Å². The summed E-state index contributed by atoms with van der Waals surface area (Å²) in [5.41, 5.74) is 3.70. The van der Waals surface area contributed by atoms with Gasteiger partial charge in [-0.2, -0.15) is 5.26 Å². The average Bonchev–Trinajstić information content (AvgIpc) is 3.38. The average molecular weight is 440 g/mol. The van der Waals surface area contributed by atoms with Gasteiger partial charge in [0, 0.05) is 54.4 Å². The van der Waals surface area contributed by atoms with Gasteiger partial charge >= 0.3 is 5.69 Å². The topological polar surface area (TPSA) is 86.8 Å². The molecule has 0 atom stereocenters. The van der Waals surface area contributed by atoms with Crippen molar-refractivity contribution in [1.29, 1.82) is 5.26 Å². The number of para-hydroxylation sites is 3. The summed E-state index contributed by atoms with van der Waals surface area (Å²) in [6.45, 7) is 1.85. The fraction of sp³-hybridized carbons (Fsp3) is 0.269. The van der Waals surface area contributed by atoms with E-state index in [0.29, 0.717) is 26.1 Å². The van der Waals surface area contributed by atoms with Gasteiger partial charge in [-0.15, -0.1) is 0 Å². The van der Waals surface area contributed by atoms with Crippen molar-refractivity contribution in [1.82, 2.24) is 19.0 Å². The Bertz CT molecular complexity index is 1440. The molecule has 1 aliphatic heterocycles. The molecule has 7 heteroatoms. The molecule has 0 spiro atoms. The number of hydrogen-bond acceptors (Lipinski definition) is 3. The predicted octanol–water partition coefficient (Wildman–Crippen LogP) is 4.07. The van der Waals surface area contributed by atoms with E-state index in [1.54, 1.807) is 6.08 Å². The maximum atomic E-state index is 12.9. The molecule has 0 aliphatic carbocycles. The van der Waals surface area contributed by atoms with Gasteiger partial charge < -0.3 is 14.5 Å². The fourth-order valence-electron chi connectivity index (χ4n) is 4.81. The monoisotopic (exact) mass is 439 g/mol. The number of carbonyl (C=O) groups is 1. The van der Waals surface area contributed by atoms with E-state index in [1.165, 1.54) is 0 Å². The molecule has 4 aromatic rings. The molecule has 7 nitrogen and oxygen atoms in total. The van der Waals surface area contributed by atoms with E-state index >= 15 is 0 Å². The molecule has 2 aromatic heterocycles. The van der Waals surface area contributed by atoms with Crippen LogP contribution in [0, 0.1) is 11.3 Å². The van der Waals surface area contributed by atoms with Gasteiger partial charge in [-0.25, -0.2) is 4.79 Å². The molecule has 0 radical (unpaired) electrons. The van der Waals surface area contributed by atoms with Crippen LogP contribution in [0.5, 0.6) is 0 Å². The molecule has 2 aromatic carbocycles. The van der Waals surface area contributed by atoms with Crippen LogP contribution in [0.4, 0.5) is 0 Å². The van der Waals surface area contributed by atoms with Crippen molar-refractivity contribution in [2.45, 2.75) is 31.8 Å².